The topological polar surface area (TPSA) is 425 Å². The summed E-state index contributed by atoms with van der Waals surface area (Å²) in [6, 6.07) is 69.5. The second-order valence-corrected chi connectivity index (χ2v) is 33.7. The predicted molar refractivity (Wildman–Crippen MR) is 528 cm³/mol. The SMILES string of the molecule is CCOC(=O)CCc1c(C)[nH]c2ccc(C)cc12.CCOC(=O)CCc1c(C)[nH]c2ccc(Cl)cc12.Cc1ccc(NC(=O)c2[nH]c3ccc(C)cc3c2CCC(ON)c2ccc(C)cc2)cc1.Cc1ccc2[nH]c(C(=O)O)c(CCC(=O)O)c2c1.NOC(CCc1c(C(=O)Nc2ccccc2)[nH]c2ccc(Cl)cc12)c1ccccc1.O=C(O)CCc1c(C(=O)O)[nH]c2ccc(Cl)cc12. The maximum absolute atomic E-state index is 13.2. The van der Waals surface area contributed by atoms with E-state index in [1.165, 1.54) is 22.1 Å². The van der Waals surface area contributed by atoms with E-state index in [2.05, 4.69) is 105 Å². The number of nitrogens with one attached hydrogen (secondary N) is 8. The van der Waals surface area contributed by atoms with Crippen LogP contribution in [0.15, 0.2) is 218 Å². The van der Waals surface area contributed by atoms with Gasteiger partial charge < -0.3 is 70.4 Å². The van der Waals surface area contributed by atoms with E-state index in [0.29, 0.717) is 107 Å². The first-order chi connectivity index (χ1) is 64.3. The van der Waals surface area contributed by atoms with Gasteiger partial charge in [-0.15, -0.1) is 0 Å². The number of aliphatic carboxylic acids is 2. The van der Waals surface area contributed by atoms with Crippen LogP contribution in [0.4, 0.5) is 11.4 Å². The van der Waals surface area contributed by atoms with Crippen molar-refractivity contribution in [3.8, 4) is 0 Å². The fourth-order valence-corrected chi connectivity index (χ4v) is 16.5. The number of benzene rings is 10. The number of anilines is 2. The number of H-pyrrole nitrogens is 6. The quantitative estimate of drug-likeness (QED) is 0.0147. The van der Waals surface area contributed by atoms with E-state index >= 15 is 0 Å². The normalized spacial score (nSPS) is 11.4. The lowest BCUT2D eigenvalue weighted by Crippen LogP contribution is -2.15. The Balaban J connectivity index is 0.000000158. The monoisotopic (exact) mass is 1870 g/mol. The van der Waals surface area contributed by atoms with Crippen molar-refractivity contribution in [2.75, 3.05) is 23.8 Å². The second kappa shape index (κ2) is 47.8. The molecule has 26 nitrogen and oxygen atoms in total. The number of carbonyl (C=O) groups is 8. The van der Waals surface area contributed by atoms with Gasteiger partial charge in [-0.05, 0) is 273 Å². The number of hydrogen-bond donors (Lipinski definition) is 14. The van der Waals surface area contributed by atoms with Gasteiger partial charge in [0.25, 0.3) is 11.8 Å². The number of fused-ring (bicyclic) bond motifs is 6. The molecule has 0 aliphatic rings. The molecule has 6 heterocycles. The molecule has 0 fully saturated rings. The lowest BCUT2D eigenvalue weighted by Gasteiger charge is -2.16. The number of aromatic nitrogens is 6. The summed E-state index contributed by atoms with van der Waals surface area (Å²) in [5.41, 5.74) is 23.3. The smallest absolute Gasteiger partial charge is 0.352 e. The standard InChI is InChI=1S/C27H29N3O2.C24H22ClN3O2.C15H19NO2.C14H16ClNO2.C13H13NO4.C12H10ClNO4/c1-17-4-9-20(10-5-17)25(32-28)15-13-22-23-16-19(3)8-14-24(23)30-26(22)27(31)29-21-11-6-18(2)7-12-21;25-17-11-13-21-20(15-17)19(12-14-22(30-26)16-7-3-1-4-8-16)23(28-21)24(29)27-18-9-5-2-6-10-18;1-4-18-15(17)8-6-12-11(3)16-14-7-5-10(2)9-13(12)14;1-3-18-14(17)7-5-11-9(2)16-13-6-4-10(15)8-12(11)13;1-7-2-4-10-9(6-7)8(3-5-11(15)16)12(14-10)13(17)18;13-6-1-3-9-8(5-6)7(2-4-10(15)16)11(14-9)12(17)18/h4-12,14,16,25,30H,13,15,28H2,1-3H3,(H,29,31);1-11,13,15,22,28H,12,14,26H2,(H,27,29);5,7,9,16H,4,6,8H2,1-3H3;4,6,8,16H,3,5,7H2,1-2H3;2,4,6,14H,3,5H2,1H3,(H,15,16)(H,17,18);1,3,5,14H,2,4H2,(H,15,16)(H,17,18). The molecule has 16 aromatic rings. The van der Waals surface area contributed by atoms with Gasteiger partial charge >= 0.3 is 35.8 Å². The number of rotatable bonds is 30. The minimum absolute atomic E-state index is 0.0218. The van der Waals surface area contributed by atoms with E-state index in [0.717, 1.165) is 123 Å². The number of amides is 2. The third-order valence-electron chi connectivity index (χ3n) is 22.6. The van der Waals surface area contributed by atoms with Gasteiger partial charge in [0.05, 0.1) is 13.2 Å². The minimum Gasteiger partial charge on any atom is -0.481 e. The third-order valence-corrected chi connectivity index (χ3v) is 23.4. The van der Waals surface area contributed by atoms with Gasteiger partial charge in [0.15, 0.2) is 0 Å². The number of ether oxygens (including phenoxy) is 2. The van der Waals surface area contributed by atoms with Crippen molar-refractivity contribution in [2.45, 2.75) is 152 Å². The largest absolute Gasteiger partial charge is 0.481 e. The average Bonchev–Trinajstić information content (AvgIpc) is 1.63. The number of aryl methyl sites for hydroxylation is 13. The fourth-order valence-electron chi connectivity index (χ4n) is 16.0. The van der Waals surface area contributed by atoms with Gasteiger partial charge in [0.1, 0.15) is 35.0 Å². The lowest BCUT2D eigenvalue weighted by atomic mass is 9.98. The molecule has 6 aromatic heterocycles. The summed E-state index contributed by atoms with van der Waals surface area (Å²) in [5.74, 6) is 6.50. The Kier molecular flexibility index (Phi) is 35.9. The highest BCUT2D eigenvalue weighted by atomic mass is 35.5. The predicted octanol–water partition coefficient (Wildman–Crippen LogP) is 23.2. The molecule has 16 N–H and O–H groups in total. The molecule has 0 spiro atoms. The second-order valence-electron chi connectivity index (χ2n) is 32.4. The third kappa shape index (κ3) is 27.1. The molecule has 2 unspecified atom stereocenters. The summed E-state index contributed by atoms with van der Waals surface area (Å²) in [6.45, 7) is 18.7. The maximum atomic E-state index is 13.2. The summed E-state index contributed by atoms with van der Waals surface area (Å²) in [6.07, 6.45) is 4.38. The van der Waals surface area contributed by atoms with Crippen molar-refractivity contribution in [3.63, 3.8) is 0 Å². The minimum atomic E-state index is -1.11. The Labute approximate surface area is 789 Å². The molecule has 29 heteroatoms. The fraction of sp³-hybridized carbons (Fsp3) is 0.238. The Morgan fingerprint density at radius 3 is 0.978 bits per heavy atom. The first-order valence-corrected chi connectivity index (χ1v) is 44.9. The van der Waals surface area contributed by atoms with Crippen LogP contribution in [-0.4, -0.2) is 111 Å². The highest BCUT2D eigenvalue weighted by Gasteiger charge is 2.26. The number of esters is 2. The van der Waals surface area contributed by atoms with Gasteiger partial charge in [-0.3, -0.25) is 38.4 Å². The van der Waals surface area contributed by atoms with Gasteiger partial charge in [0.2, 0.25) is 0 Å². The Hall–Kier alpha value is -14.1. The van der Waals surface area contributed by atoms with E-state index in [-0.39, 0.29) is 73.0 Å². The molecule has 0 radical (unpaired) electrons. The van der Waals surface area contributed by atoms with Crippen molar-refractivity contribution in [1.82, 2.24) is 29.9 Å². The first-order valence-electron chi connectivity index (χ1n) is 43.8. The van der Waals surface area contributed by atoms with Gasteiger partial charge in [-0.2, -0.15) is 0 Å². The summed E-state index contributed by atoms with van der Waals surface area (Å²) >= 11 is 18.1. The van der Waals surface area contributed by atoms with Crippen LogP contribution in [0.1, 0.15) is 190 Å². The molecule has 16 rings (SSSR count). The van der Waals surface area contributed by atoms with Crippen molar-refractivity contribution in [1.29, 1.82) is 0 Å². The highest BCUT2D eigenvalue weighted by Crippen LogP contribution is 2.36. The van der Waals surface area contributed by atoms with Gasteiger partial charge in [-0.25, -0.2) is 21.4 Å². The zero-order chi connectivity index (χ0) is 96.4. The number of halogens is 3. The number of carbonyl (C=O) groups excluding carboxylic acids is 4. The molecular formula is C105H109Cl3N10O16. The number of carboxylic acid groups (broad SMARTS) is 4. The molecule has 0 aliphatic heterocycles. The molecule has 134 heavy (non-hydrogen) atoms. The van der Waals surface area contributed by atoms with Crippen LogP contribution in [0, 0.1) is 48.5 Å². The Morgan fingerprint density at radius 2 is 0.619 bits per heavy atom. The van der Waals surface area contributed by atoms with Crippen LogP contribution < -0.4 is 22.4 Å². The van der Waals surface area contributed by atoms with Crippen molar-refractivity contribution in [3.05, 3.63) is 340 Å². The van der Waals surface area contributed by atoms with Crippen LogP contribution >= 0.6 is 34.8 Å². The van der Waals surface area contributed by atoms with Crippen LogP contribution in [0.3, 0.4) is 0 Å². The van der Waals surface area contributed by atoms with E-state index in [1.54, 1.807) is 30.3 Å². The summed E-state index contributed by atoms with van der Waals surface area (Å²) < 4.78 is 9.91. The number of hydrogen-bond acceptors (Lipinski definition) is 14. The molecule has 2 amide bonds. The number of aromatic amines is 6. The van der Waals surface area contributed by atoms with E-state index in [9.17, 15) is 38.4 Å². The van der Waals surface area contributed by atoms with E-state index in [4.69, 9.17) is 86.2 Å². The Morgan fingerprint density at radius 1 is 0.328 bits per heavy atom. The molecule has 0 bridgehead atoms. The van der Waals surface area contributed by atoms with Crippen LogP contribution in [0.25, 0.3) is 65.4 Å². The molecule has 0 saturated carbocycles. The van der Waals surface area contributed by atoms with Crippen LogP contribution in [0.2, 0.25) is 15.1 Å². The van der Waals surface area contributed by atoms with Crippen LogP contribution in [0.5, 0.6) is 0 Å². The van der Waals surface area contributed by atoms with E-state index < -0.39 is 23.9 Å². The summed E-state index contributed by atoms with van der Waals surface area (Å²) in [5, 5.41) is 49.1. The van der Waals surface area contributed by atoms with Crippen LogP contribution in [-0.2, 0) is 76.9 Å². The Bertz CT molecular complexity index is 6620. The number of para-hydroxylation sites is 1. The van der Waals surface area contributed by atoms with Gasteiger partial charge in [0, 0.05) is 129 Å². The molecule has 0 aliphatic carbocycles. The molecule has 2 atom stereocenters. The van der Waals surface area contributed by atoms with Crippen molar-refractivity contribution in [2.24, 2.45) is 11.8 Å². The maximum Gasteiger partial charge on any atom is 0.352 e. The van der Waals surface area contributed by atoms with Gasteiger partial charge in [-0.1, -0.05) is 166 Å². The van der Waals surface area contributed by atoms with Crippen molar-refractivity contribution < 1.29 is 77.9 Å². The summed E-state index contributed by atoms with van der Waals surface area (Å²) in [4.78, 5) is 122. The zero-order valence-electron chi connectivity index (χ0n) is 75.8. The summed E-state index contributed by atoms with van der Waals surface area (Å²) in [7, 11) is 0. The van der Waals surface area contributed by atoms with Crippen molar-refractivity contribution >= 4 is 159 Å². The number of aromatic carboxylic acids is 2. The number of nitrogens with two attached hydrogens (primary N) is 2. The molecular weight excluding hydrogens is 1760 g/mol. The highest BCUT2D eigenvalue weighted by molar-refractivity contribution is 6.32. The molecule has 696 valence electrons. The molecule has 10 aromatic carbocycles. The zero-order valence-corrected chi connectivity index (χ0v) is 78.1. The molecule has 0 saturated heterocycles. The van der Waals surface area contributed by atoms with E-state index in [1.807, 2.05) is 186 Å². The number of carboxylic acids is 4. The average molecular weight is 1870 g/mol. The first kappa shape index (κ1) is 100. The lowest BCUT2D eigenvalue weighted by molar-refractivity contribution is -0.144.